The van der Waals surface area contributed by atoms with Gasteiger partial charge >= 0.3 is 0 Å². The Balaban J connectivity index is 2.03. The molecule has 1 aromatic rings. The van der Waals surface area contributed by atoms with Crippen LogP contribution in [0.15, 0.2) is 12.1 Å². The van der Waals surface area contributed by atoms with E-state index in [-0.39, 0.29) is 0 Å². The first-order valence-corrected chi connectivity index (χ1v) is 6.81. The van der Waals surface area contributed by atoms with Gasteiger partial charge in [-0.15, -0.1) is 0 Å². The van der Waals surface area contributed by atoms with Crippen molar-refractivity contribution in [3.05, 3.63) is 22.7 Å². The van der Waals surface area contributed by atoms with Crippen LogP contribution in [0.25, 0.3) is 0 Å². The zero-order valence-electron chi connectivity index (χ0n) is 10.9. The second-order valence-corrected chi connectivity index (χ2v) is 5.88. The van der Waals surface area contributed by atoms with Crippen LogP contribution in [0.2, 0.25) is 5.02 Å². The van der Waals surface area contributed by atoms with Gasteiger partial charge in [0.2, 0.25) is 0 Å². The van der Waals surface area contributed by atoms with Gasteiger partial charge in [-0.3, -0.25) is 9.59 Å². The molecule has 1 aromatic carbocycles. The number of carbonyl (C=O) groups excluding carboxylic acids is 2. The summed E-state index contributed by atoms with van der Waals surface area (Å²) in [6.07, 6.45) is 1.12. The van der Waals surface area contributed by atoms with E-state index in [0.717, 1.165) is 18.7 Å². The van der Waals surface area contributed by atoms with Crippen molar-refractivity contribution in [2.24, 2.45) is 5.92 Å². The zero-order valence-corrected chi connectivity index (χ0v) is 11.6. The molecule has 0 aliphatic carbocycles. The molecule has 1 saturated heterocycles. The summed E-state index contributed by atoms with van der Waals surface area (Å²) in [7, 11) is 0. The van der Waals surface area contributed by atoms with Crippen LogP contribution in [-0.4, -0.2) is 24.3 Å². The minimum absolute atomic E-state index is 0.374. The number of amides is 1. The number of nitrogens with zero attached hydrogens (tertiary/aromatic N) is 1. The van der Waals surface area contributed by atoms with Gasteiger partial charge in [-0.25, -0.2) is 0 Å². The highest BCUT2D eigenvalue weighted by molar-refractivity contribution is 6.52. The molecule has 19 heavy (non-hydrogen) atoms. The number of nitrogens with one attached hydrogen (secondary N) is 1. The van der Waals surface area contributed by atoms with Crippen LogP contribution in [0, 0.1) is 5.92 Å². The Morgan fingerprint density at radius 3 is 2.68 bits per heavy atom. The van der Waals surface area contributed by atoms with Crippen molar-refractivity contribution in [2.75, 3.05) is 16.8 Å². The van der Waals surface area contributed by atoms with Crippen LogP contribution in [0.3, 0.4) is 0 Å². The molecule has 100 valence electrons. The maximum atomic E-state index is 11.6. The molecule has 5 heteroatoms. The first-order chi connectivity index (χ1) is 8.97. The van der Waals surface area contributed by atoms with Gasteiger partial charge in [0, 0.05) is 12.6 Å². The van der Waals surface area contributed by atoms with Gasteiger partial charge in [0.05, 0.1) is 22.0 Å². The van der Waals surface area contributed by atoms with Crippen LogP contribution in [-0.2, 0) is 4.79 Å². The molecule has 0 saturated carbocycles. The smallest absolute Gasteiger partial charge is 0.296 e. The number of hydrogen-bond donors (Lipinski definition) is 1. The van der Waals surface area contributed by atoms with Crippen molar-refractivity contribution in [1.82, 2.24) is 0 Å². The van der Waals surface area contributed by atoms with Crippen LogP contribution >= 0.6 is 11.6 Å². The van der Waals surface area contributed by atoms with Crippen molar-refractivity contribution in [1.29, 1.82) is 0 Å². The summed E-state index contributed by atoms with van der Waals surface area (Å²) in [5.41, 5.74) is 1.84. The molecule has 3 rings (SSSR count). The first-order valence-electron chi connectivity index (χ1n) is 6.43. The number of carbonyl (C=O) groups is 2. The predicted octanol–water partition coefficient (Wildman–Crippen LogP) is 2.71. The summed E-state index contributed by atoms with van der Waals surface area (Å²) < 4.78 is 0. The molecule has 0 aromatic heterocycles. The number of hydrogen-bond acceptors (Lipinski definition) is 3. The van der Waals surface area contributed by atoms with Crippen LogP contribution in [0.5, 0.6) is 0 Å². The maximum absolute atomic E-state index is 11.6. The highest BCUT2D eigenvalue weighted by atomic mass is 35.5. The minimum Gasteiger partial charge on any atom is -0.367 e. The van der Waals surface area contributed by atoms with Crippen LogP contribution in [0.1, 0.15) is 30.6 Å². The molecule has 2 heterocycles. The second kappa shape index (κ2) is 4.23. The molecule has 1 N–H and O–H groups in total. The number of Topliss-reactive ketones (excluding diaryl/α,β-unsaturated/α-hetero) is 1. The molecule has 0 spiro atoms. The van der Waals surface area contributed by atoms with E-state index < -0.39 is 11.7 Å². The highest BCUT2D eigenvalue weighted by Crippen LogP contribution is 2.38. The molecule has 2 unspecified atom stereocenters. The largest absolute Gasteiger partial charge is 0.367 e. The van der Waals surface area contributed by atoms with E-state index in [1.807, 2.05) is 6.07 Å². The van der Waals surface area contributed by atoms with Crippen molar-refractivity contribution in [3.63, 3.8) is 0 Å². The van der Waals surface area contributed by atoms with E-state index in [1.54, 1.807) is 6.07 Å². The summed E-state index contributed by atoms with van der Waals surface area (Å²) in [6.45, 7) is 5.32. The molecular weight excluding hydrogens is 264 g/mol. The molecule has 0 bridgehead atoms. The Hall–Kier alpha value is -1.55. The molecular formula is C14H15ClN2O2. The Morgan fingerprint density at radius 1 is 1.32 bits per heavy atom. The van der Waals surface area contributed by atoms with Crippen molar-refractivity contribution in [2.45, 2.75) is 26.3 Å². The monoisotopic (exact) mass is 278 g/mol. The topological polar surface area (TPSA) is 49.4 Å². The Morgan fingerprint density at radius 2 is 2.05 bits per heavy atom. The quantitative estimate of drug-likeness (QED) is 0.804. The van der Waals surface area contributed by atoms with Gasteiger partial charge < -0.3 is 10.2 Å². The van der Waals surface area contributed by atoms with Gasteiger partial charge in [-0.2, -0.15) is 0 Å². The SMILES string of the molecule is CC1CC(C)N(c2cc3c(cc2Cl)C(=O)C(=O)N3)C1. The second-order valence-electron chi connectivity index (χ2n) is 5.47. The summed E-state index contributed by atoms with van der Waals surface area (Å²) in [5, 5.41) is 3.12. The van der Waals surface area contributed by atoms with E-state index in [9.17, 15) is 9.59 Å². The zero-order chi connectivity index (χ0) is 13.7. The number of fused-ring (bicyclic) bond motifs is 1. The third-order valence-corrected chi connectivity index (χ3v) is 4.18. The molecule has 2 aliphatic rings. The van der Waals surface area contributed by atoms with E-state index in [1.165, 1.54) is 0 Å². The van der Waals surface area contributed by atoms with Gasteiger partial charge in [-0.1, -0.05) is 18.5 Å². The number of rotatable bonds is 1. The maximum Gasteiger partial charge on any atom is 0.296 e. The molecule has 4 nitrogen and oxygen atoms in total. The third-order valence-electron chi connectivity index (χ3n) is 3.88. The van der Waals surface area contributed by atoms with Gasteiger partial charge in [0.25, 0.3) is 11.7 Å². The average molecular weight is 279 g/mol. The lowest BCUT2D eigenvalue weighted by Gasteiger charge is -2.25. The highest BCUT2D eigenvalue weighted by Gasteiger charge is 2.32. The van der Waals surface area contributed by atoms with E-state index in [4.69, 9.17) is 11.6 Å². The fourth-order valence-corrected chi connectivity index (χ4v) is 3.28. The van der Waals surface area contributed by atoms with Crippen molar-refractivity contribution < 1.29 is 9.59 Å². The number of ketones is 1. The van der Waals surface area contributed by atoms with Gasteiger partial charge in [-0.05, 0) is 31.4 Å². The van der Waals surface area contributed by atoms with Crippen LogP contribution in [0.4, 0.5) is 11.4 Å². The Kier molecular flexibility index (Phi) is 2.78. The lowest BCUT2D eigenvalue weighted by Crippen LogP contribution is -2.27. The molecule has 2 atom stereocenters. The number of anilines is 2. The number of halogens is 1. The summed E-state index contributed by atoms with van der Waals surface area (Å²) in [5.74, 6) is -0.465. The normalized spacial score (nSPS) is 25.7. The standard InChI is InChI=1S/C14H15ClN2O2/c1-7-3-8(2)17(6-7)12-5-11-9(4-10(12)15)13(18)14(19)16-11/h4-5,7-8H,3,6H2,1-2H3,(H,16,18,19). The Labute approximate surface area is 116 Å². The first kappa shape index (κ1) is 12.5. The van der Waals surface area contributed by atoms with E-state index >= 15 is 0 Å². The Bertz CT molecular complexity index is 585. The fourth-order valence-electron chi connectivity index (χ4n) is 3.01. The van der Waals surface area contributed by atoms with Crippen molar-refractivity contribution in [3.8, 4) is 0 Å². The molecule has 1 amide bonds. The molecule has 2 aliphatic heterocycles. The lowest BCUT2D eigenvalue weighted by atomic mass is 10.1. The summed E-state index contributed by atoms with van der Waals surface area (Å²) in [4.78, 5) is 25.2. The van der Waals surface area contributed by atoms with Gasteiger partial charge in [0.15, 0.2) is 0 Å². The molecule has 1 fully saturated rings. The van der Waals surface area contributed by atoms with E-state index in [0.29, 0.717) is 28.2 Å². The predicted molar refractivity (Wildman–Crippen MR) is 75.0 cm³/mol. The van der Waals surface area contributed by atoms with Gasteiger partial charge in [0.1, 0.15) is 0 Å². The number of benzene rings is 1. The summed E-state index contributed by atoms with van der Waals surface area (Å²) >= 11 is 6.28. The molecule has 0 radical (unpaired) electrons. The summed E-state index contributed by atoms with van der Waals surface area (Å²) in [6, 6.07) is 3.83. The fraction of sp³-hybridized carbons (Fsp3) is 0.429. The van der Waals surface area contributed by atoms with E-state index in [2.05, 4.69) is 24.1 Å². The lowest BCUT2D eigenvalue weighted by molar-refractivity contribution is -0.112. The third kappa shape index (κ3) is 1.91. The average Bonchev–Trinajstić information content (AvgIpc) is 2.81. The van der Waals surface area contributed by atoms with Crippen LogP contribution < -0.4 is 10.2 Å². The minimum atomic E-state index is -0.578. The van der Waals surface area contributed by atoms with Crippen molar-refractivity contribution >= 4 is 34.7 Å².